The van der Waals surface area contributed by atoms with Gasteiger partial charge in [0.15, 0.2) is 18.1 Å². The van der Waals surface area contributed by atoms with E-state index in [2.05, 4.69) is 5.32 Å². The molecular weight excluding hydrogens is 377 g/mol. The van der Waals surface area contributed by atoms with Crippen LogP contribution in [0, 0.1) is 5.82 Å². The van der Waals surface area contributed by atoms with Crippen LogP contribution in [0.25, 0.3) is 0 Å². The van der Waals surface area contributed by atoms with E-state index in [1.54, 1.807) is 36.4 Å². The number of ether oxygens (including phenoxy) is 3. The van der Waals surface area contributed by atoms with Gasteiger partial charge in [-0.1, -0.05) is 18.2 Å². The quantitative estimate of drug-likeness (QED) is 0.744. The Hall–Kier alpha value is -3.09. The summed E-state index contributed by atoms with van der Waals surface area (Å²) in [5.41, 5.74) is 0.976. The van der Waals surface area contributed by atoms with Gasteiger partial charge in [0.1, 0.15) is 5.82 Å². The van der Waals surface area contributed by atoms with Crippen molar-refractivity contribution in [3.63, 3.8) is 0 Å². The average molecular weight is 399 g/mol. The summed E-state index contributed by atoms with van der Waals surface area (Å²) in [5, 5.41) is 2.68. The zero-order chi connectivity index (χ0) is 20.3. The molecule has 1 spiro atoms. The minimum absolute atomic E-state index is 0.000317. The van der Waals surface area contributed by atoms with E-state index in [0.717, 1.165) is 25.7 Å². The lowest BCUT2D eigenvalue weighted by Gasteiger charge is -2.21. The van der Waals surface area contributed by atoms with Crippen LogP contribution in [-0.2, 0) is 20.7 Å². The monoisotopic (exact) mass is 399 g/mol. The molecule has 1 heterocycles. The maximum atomic E-state index is 13.6. The Kier molecular flexibility index (Phi) is 5.38. The van der Waals surface area contributed by atoms with Gasteiger partial charge in [-0.25, -0.2) is 4.39 Å². The molecule has 6 nitrogen and oxygen atoms in total. The van der Waals surface area contributed by atoms with Gasteiger partial charge in [-0.15, -0.1) is 0 Å². The van der Waals surface area contributed by atoms with Crippen LogP contribution in [0.5, 0.6) is 11.5 Å². The molecule has 1 N–H and O–H groups in total. The van der Waals surface area contributed by atoms with Crippen molar-refractivity contribution in [3.05, 3.63) is 53.8 Å². The van der Waals surface area contributed by atoms with E-state index < -0.39 is 24.3 Å². The van der Waals surface area contributed by atoms with E-state index in [0.29, 0.717) is 22.7 Å². The zero-order valence-corrected chi connectivity index (χ0v) is 15.9. The van der Waals surface area contributed by atoms with Gasteiger partial charge in [-0.3, -0.25) is 9.59 Å². The smallest absolute Gasteiger partial charge is 0.306 e. The molecule has 152 valence electrons. The lowest BCUT2D eigenvalue weighted by molar-refractivity contribution is -0.147. The fourth-order valence-electron chi connectivity index (χ4n) is 3.64. The Morgan fingerprint density at radius 1 is 1.07 bits per heavy atom. The molecule has 2 aromatic carbocycles. The molecule has 1 fully saturated rings. The minimum Gasteiger partial charge on any atom is -0.456 e. The molecule has 1 aliphatic heterocycles. The van der Waals surface area contributed by atoms with Crippen LogP contribution in [0.2, 0.25) is 0 Å². The molecule has 0 saturated heterocycles. The van der Waals surface area contributed by atoms with Crippen molar-refractivity contribution in [3.8, 4) is 11.5 Å². The Bertz CT molecular complexity index is 923. The molecule has 1 aliphatic carbocycles. The molecule has 7 heteroatoms. The van der Waals surface area contributed by atoms with Gasteiger partial charge in [0.2, 0.25) is 0 Å². The highest BCUT2D eigenvalue weighted by Crippen LogP contribution is 2.47. The molecular formula is C22H22FNO5. The number of amides is 1. The van der Waals surface area contributed by atoms with Gasteiger partial charge < -0.3 is 19.5 Å². The topological polar surface area (TPSA) is 73.9 Å². The highest BCUT2D eigenvalue weighted by atomic mass is 19.1. The molecule has 0 atom stereocenters. The van der Waals surface area contributed by atoms with Gasteiger partial charge in [-0.2, -0.15) is 0 Å². The number of nitrogens with one attached hydrogen (secondary N) is 1. The number of aryl methyl sites for hydroxylation is 1. The van der Waals surface area contributed by atoms with Crippen LogP contribution in [-0.4, -0.2) is 24.3 Å². The number of rotatable bonds is 6. The molecule has 0 bridgehead atoms. The first kappa shape index (κ1) is 19.2. The summed E-state index contributed by atoms with van der Waals surface area (Å²) in [5.74, 6) is -0.661. The standard InChI is InChI=1S/C22H22FNO5/c23-17-6-2-1-5-15(17)7-10-21(26)27-14-20(25)24-16-8-9-18-19(13-16)29-22(28-18)11-3-4-12-22/h1-2,5-6,8-9,13H,3-4,7,10-12,14H2,(H,24,25). The van der Waals surface area contributed by atoms with E-state index in [1.165, 1.54) is 6.07 Å². The predicted octanol–water partition coefficient (Wildman–Crippen LogP) is 3.98. The van der Waals surface area contributed by atoms with E-state index in [-0.39, 0.29) is 18.7 Å². The molecule has 29 heavy (non-hydrogen) atoms. The summed E-state index contributed by atoms with van der Waals surface area (Å²) in [6.07, 6.45) is 4.06. The molecule has 0 unspecified atom stereocenters. The fourth-order valence-corrected chi connectivity index (χ4v) is 3.64. The second kappa shape index (κ2) is 8.11. The highest BCUT2D eigenvalue weighted by molar-refractivity contribution is 5.93. The maximum absolute atomic E-state index is 13.6. The van der Waals surface area contributed by atoms with Gasteiger partial charge in [0.05, 0.1) is 0 Å². The van der Waals surface area contributed by atoms with Crippen LogP contribution in [0.3, 0.4) is 0 Å². The van der Waals surface area contributed by atoms with Crippen LogP contribution in [0.15, 0.2) is 42.5 Å². The largest absolute Gasteiger partial charge is 0.456 e. The number of fused-ring (bicyclic) bond motifs is 1. The Balaban J connectivity index is 1.24. The van der Waals surface area contributed by atoms with Crippen LogP contribution in [0.4, 0.5) is 10.1 Å². The second-order valence-electron chi connectivity index (χ2n) is 7.28. The molecule has 1 amide bonds. The third kappa shape index (κ3) is 4.50. The molecule has 1 saturated carbocycles. The number of esters is 1. The lowest BCUT2D eigenvalue weighted by atomic mass is 10.1. The van der Waals surface area contributed by atoms with Gasteiger partial charge in [0.25, 0.3) is 11.7 Å². The number of hydrogen-bond acceptors (Lipinski definition) is 5. The van der Waals surface area contributed by atoms with Crippen molar-refractivity contribution >= 4 is 17.6 Å². The zero-order valence-electron chi connectivity index (χ0n) is 15.9. The number of hydrogen-bond donors (Lipinski definition) is 1. The van der Waals surface area contributed by atoms with Crippen LogP contribution >= 0.6 is 0 Å². The van der Waals surface area contributed by atoms with Crippen molar-refractivity contribution in [1.29, 1.82) is 0 Å². The summed E-state index contributed by atoms with van der Waals surface area (Å²) >= 11 is 0. The Morgan fingerprint density at radius 2 is 1.83 bits per heavy atom. The van der Waals surface area contributed by atoms with Gasteiger partial charge >= 0.3 is 5.97 Å². The van der Waals surface area contributed by atoms with Crippen molar-refractivity contribution in [1.82, 2.24) is 0 Å². The fraction of sp³-hybridized carbons (Fsp3) is 0.364. The molecule has 4 rings (SSSR count). The number of carbonyl (C=O) groups is 2. The van der Waals surface area contributed by atoms with E-state index in [9.17, 15) is 14.0 Å². The minimum atomic E-state index is -0.558. The first-order valence-corrected chi connectivity index (χ1v) is 9.74. The van der Waals surface area contributed by atoms with Crippen LogP contribution < -0.4 is 14.8 Å². The summed E-state index contributed by atoms with van der Waals surface area (Å²) in [7, 11) is 0. The van der Waals surface area contributed by atoms with Crippen LogP contribution in [0.1, 0.15) is 37.7 Å². The van der Waals surface area contributed by atoms with Crippen molar-refractivity contribution in [2.24, 2.45) is 0 Å². The summed E-state index contributed by atoms with van der Waals surface area (Å²) in [6.45, 7) is -0.408. The van der Waals surface area contributed by atoms with Crippen molar-refractivity contribution in [2.45, 2.75) is 44.3 Å². The van der Waals surface area contributed by atoms with E-state index >= 15 is 0 Å². The summed E-state index contributed by atoms with van der Waals surface area (Å²) in [4.78, 5) is 23.9. The number of halogens is 1. The van der Waals surface area contributed by atoms with Gasteiger partial charge in [-0.05, 0) is 43.0 Å². The SMILES string of the molecule is O=C(COC(=O)CCc1ccccc1F)Nc1ccc2c(c1)OC1(CCCC1)O2. The number of benzene rings is 2. The maximum Gasteiger partial charge on any atom is 0.306 e. The van der Waals surface area contributed by atoms with Gasteiger partial charge in [0, 0.05) is 31.0 Å². The first-order chi connectivity index (χ1) is 14.0. The second-order valence-corrected chi connectivity index (χ2v) is 7.28. The predicted molar refractivity (Wildman–Crippen MR) is 103 cm³/mol. The highest BCUT2D eigenvalue weighted by Gasteiger charge is 2.44. The third-order valence-corrected chi connectivity index (χ3v) is 5.11. The molecule has 2 aliphatic rings. The van der Waals surface area contributed by atoms with Crippen molar-refractivity contribution < 1.29 is 28.2 Å². The molecule has 0 aromatic heterocycles. The van der Waals surface area contributed by atoms with E-state index in [1.807, 2.05) is 0 Å². The lowest BCUT2D eigenvalue weighted by Crippen LogP contribution is -2.34. The summed E-state index contributed by atoms with van der Waals surface area (Å²) < 4.78 is 30.4. The van der Waals surface area contributed by atoms with E-state index in [4.69, 9.17) is 14.2 Å². The normalized spacial score (nSPS) is 16.0. The van der Waals surface area contributed by atoms with Crippen molar-refractivity contribution in [2.75, 3.05) is 11.9 Å². The third-order valence-electron chi connectivity index (χ3n) is 5.11. The Labute approximate surface area is 168 Å². The number of anilines is 1. The molecule has 0 radical (unpaired) electrons. The average Bonchev–Trinajstić information content (AvgIpc) is 3.31. The Morgan fingerprint density at radius 3 is 2.62 bits per heavy atom. The number of carbonyl (C=O) groups excluding carboxylic acids is 2. The summed E-state index contributed by atoms with van der Waals surface area (Å²) in [6, 6.07) is 11.4. The first-order valence-electron chi connectivity index (χ1n) is 9.74. The molecule has 2 aromatic rings.